The van der Waals surface area contributed by atoms with Crippen molar-refractivity contribution in [2.75, 3.05) is 18.0 Å². The van der Waals surface area contributed by atoms with Gasteiger partial charge >= 0.3 is 0 Å². The number of hydrogen-bond donors (Lipinski definition) is 1. The molecule has 31 heavy (non-hydrogen) atoms. The van der Waals surface area contributed by atoms with E-state index in [1.807, 2.05) is 19.1 Å². The highest BCUT2D eigenvalue weighted by Gasteiger charge is 2.23. The number of piperidine rings is 1. The van der Waals surface area contributed by atoms with Gasteiger partial charge in [0.15, 0.2) is 0 Å². The summed E-state index contributed by atoms with van der Waals surface area (Å²) in [4.78, 5) is 7.00. The van der Waals surface area contributed by atoms with E-state index >= 15 is 0 Å². The molecule has 3 aromatic rings. The standard InChI is InChI=1S/C23H28N4O3S/c1-16-4-10-21(11-5-16)31(28,29)26-18(3)23-24-22(25-30-23)19-6-8-20(9-7-19)27-14-12-17(2)13-15-27/h4-11,17-18,26H,12-15H2,1-3H3. The Morgan fingerprint density at radius 2 is 1.71 bits per heavy atom. The second-order valence-electron chi connectivity index (χ2n) is 8.33. The topological polar surface area (TPSA) is 88.3 Å². The Balaban J connectivity index is 1.44. The van der Waals surface area contributed by atoms with Gasteiger partial charge in [-0.1, -0.05) is 29.8 Å². The summed E-state index contributed by atoms with van der Waals surface area (Å²) in [6.07, 6.45) is 2.43. The van der Waals surface area contributed by atoms with Crippen molar-refractivity contribution in [2.24, 2.45) is 5.92 Å². The Morgan fingerprint density at radius 1 is 1.06 bits per heavy atom. The number of benzene rings is 2. The fraction of sp³-hybridized carbons (Fsp3) is 0.391. The zero-order valence-corrected chi connectivity index (χ0v) is 18.9. The number of hydrogen-bond acceptors (Lipinski definition) is 6. The molecular weight excluding hydrogens is 412 g/mol. The molecule has 1 atom stereocenters. The summed E-state index contributed by atoms with van der Waals surface area (Å²) >= 11 is 0. The molecule has 0 radical (unpaired) electrons. The molecule has 1 aliphatic heterocycles. The van der Waals surface area contributed by atoms with Crippen LogP contribution in [0.25, 0.3) is 11.4 Å². The van der Waals surface area contributed by atoms with E-state index in [1.165, 1.54) is 18.5 Å². The highest BCUT2D eigenvalue weighted by molar-refractivity contribution is 7.89. The lowest BCUT2D eigenvalue weighted by atomic mass is 9.98. The predicted octanol–water partition coefficient (Wildman–Crippen LogP) is 4.32. The monoisotopic (exact) mass is 440 g/mol. The fourth-order valence-electron chi connectivity index (χ4n) is 3.69. The normalized spacial score (nSPS) is 16.4. The fourth-order valence-corrected chi connectivity index (χ4v) is 4.88. The van der Waals surface area contributed by atoms with Crippen molar-refractivity contribution < 1.29 is 12.9 Å². The van der Waals surface area contributed by atoms with Crippen molar-refractivity contribution in [2.45, 2.75) is 44.6 Å². The molecular formula is C23H28N4O3S. The summed E-state index contributed by atoms with van der Waals surface area (Å²) in [5.41, 5.74) is 3.02. The Morgan fingerprint density at radius 3 is 2.35 bits per heavy atom. The lowest BCUT2D eigenvalue weighted by Crippen LogP contribution is -2.32. The third-order valence-corrected chi connectivity index (χ3v) is 7.31. The lowest BCUT2D eigenvalue weighted by Gasteiger charge is -2.32. The first-order chi connectivity index (χ1) is 14.8. The first kappa shape index (κ1) is 21.5. The zero-order valence-electron chi connectivity index (χ0n) is 18.1. The van der Waals surface area contributed by atoms with Gasteiger partial charge in [-0.3, -0.25) is 0 Å². The molecule has 1 aromatic heterocycles. The summed E-state index contributed by atoms with van der Waals surface area (Å²) in [6, 6.07) is 14.1. The average molecular weight is 441 g/mol. The molecule has 1 N–H and O–H groups in total. The molecule has 1 aliphatic rings. The van der Waals surface area contributed by atoms with Crippen molar-refractivity contribution in [1.82, 2.24) is 14.9 Å². The molecule has 8 heteroatoms. The van der Waals surface area contributed by atoms with E-state index in [0.717, 1.165) is 30.1 Å². The molecule has 1 unspecified atom stereocenters. The first-order valence-electron chi connectivity index (χ1n) is 10.6. The summed E-state index contributed by atoms with van der Waals surface area (Å²) < 4.78 is 33.2. The SMILES string of the molecule is Cc1ccc(S(=O)(=O)NC(C)c2nc(-c3ccc(N4CCC(C)CC4)cc3)no2)cc1. The largest absolute Gasteiger partial charge is 0.372 e. The number of anilines is 1. The first-order valence-corrected chi connectivity index (χ1v) is 12.1. The van der Waals surface area contributed by atoms with Crippen LogP contribution in [0.5, 0.6) is 0 Å². The molecule has 4 rings (SSSR count). The van der Waals surface area contributed by atoms with Gasteiger partial charge in [0.05, 0.1) is 10.9 Å². The smallest absolute Gasteiger partial charge is 0.244 e. The summed E-state index contributed by atoms with van der Waals surface area (Å²) in [6.45, 7) is 8.04. The second-order valence-corrected chi connectivity index (χ2v) is 10.0. The van der Waals surface area contributed by atoms with E-state index in [9.17, 15) is 8.42 Å². The highest BCUT2D eigenvalue weighted by atomic mass is 32.2. The van der Waals surface area contributed by atoms with Crippen molar-refractivity contribution >= 4 is 15.7 Å². The van der Waals surface area contributed by atoms with Crippen molar-refractivity contribution in [3.63, 3.8) is 0 Å². The second kappa shape index (κ2) is 8.80. The van der Waals surface area contributed by atoms with Crippen molar-refractivity contribution in [3.8, 4) is 11.4 Å². The van der Waals surface area contributed by atoms with Crippen LogP contribution in [0.15, 0.2) is 57.9 Å². The zero-order chi connectivity index (χ0) is 22.0. The summed E-state index contributed by atoms with van der Waals surface area (Å²) in [5, 5.41) is 4.04. The van der Waals surface area contributed by atoms with Gasteiger partial charge in [-0.25, -0.2) is 8.42 Å². The van der Waals surface area contributed by atoms with Gasteiger partial charge in [0, 0.05) is 24.3 Å². The van der Waals surface area contributed by atoms with Crippen LogP contribution in [0.4, 0.5) is 5.69 Å². The number of nitrogens with one attached hydrogen (secondary N) is 1. The third kappa shape index (κ3) is 4.97. The van der Waals surface area contributed by atoms with Gasteiger partial charge in [-0.05, 0) is 69.0 Å². The molecule has 1 fully saturated rings. The Labute approximate surface area is 183 Å². The molecule has 1 saturated heterocycles. The maximum atomic E-state index is 12.6. The minimum Gasteiger partial charge on any atom is -0.372 e. The number of aryl methyl sites for hydroxylation is 1. The highest BCUT2D eigenvalue weighted by Crippen LogP contribution is 2.26. The van der Waals surface area contributed by atoms with Crippen LogP contribution in [0.1, 0.15) is 44.2 Å². The van der Waals surface area contributed by atoms with Crippen LogP contribution in [-0.2, 0) is 10.0 Å². The molecule has 7 nitrogen and oxygen atoms in total. The lowest BCUT2D eigenvalue weighted by molar-refractivity contribution is 0.354. The number of nitrogens with zero attached hydrogens (tertiary/aromatic N) is 3. The van der Waals surface area contributed by atoms with Crippen LogP contribution >= 0.6 is 0 Å². The van der Waals surface area contributed by atoms with E-state index < -0.39 is 16.1 Å². The molecule has 0 aliphatic carbocycles. The third-order valence-electron chi connectivity index (χ3n) is 5.75. The average Bonchev–Trinajstić information content (AvgIpc) is 3.25. The van der Waals surface area contributed by atoms with Crippen molar-refractivity contribution in [3.05, 3.63) is 60.0 Å². The maximum Gasteiger partial charge on any atom is 0.244 e. The van der Waals surface area contributed by atoms with E-state index in [2.05, 4.69) is 38.8 Å². The summed E-state index contributed by atoms with van der Waals surface area (Å²) in [5.74, 6) is 1.45. The number of sulfonamides is 1. The number of rotatable bonds is 6. The molecule has 2 heterocycles. The van der Waals surface area contributed by atoms with E-state index in [-0.39, 0.29) is 10.8 Å². The van der Waals surface area contributed by atoms with Crippen LogP contribution in [0.2, 0.25) is 0 Å². The van der Waals surface area contributed by atoms with E-state index in [4.69, 9.17) is 4.52 Å². The van der Waals surface area contributed by atoms with Crippen LogP contribution < -0.4 is 9.62 Å². The van der Waals surface area contributed by atoms with Crippen molar-refractivity contribution in [1.29, 1.82) is 0 Å². The molecule has 0 saturated carbocycles. The van der Waals surface area contributed by atoms with Crippen LogP contribution in [0, 0.1) is 12.8 Å². The van der Waals surface area contributed by atoms with E-state index in [0.29, 0.717) is 5.82 Å². The van der Waals surface area contributed by atoms with Gasteiger partial charge in [0.2, 0.25) is 21.7 Å². The van der Waals surface area contributed by atoms with Gasteiger partial charge in [-0.15, -0.1) is 0 Å². The molecule has 2 aromatic carbocycles. The van der Waals surface area contributed by atoms with Crippen LogP contribution in [-0.4, -0.2) is 31.6 Å². The minimum absolute atomic E-state index is 0.201. The molecule has 164 valence electrons. The molecule has 0 amide bonds. The summed E-state index contributed by atoms with van der Waals surface area (Å²) in [7, 11) is -3.69. The molecule has 0 bridgehead atoms. The van der Waals surface area contributed by atoms with Crippen LogP contribution in [0.3, 0.4) is 0 Å². The van der Waals surface area contributed by atoms with Gasteiger partial charge in [0.25, 0.3) is 0 Å². The number of aromatic nitrogens is 2. The van der Waals surface area contributed by atoms with Gasteiger partial charge in [0.1, 0.15) is 0 Å². The Hall–Kier alpha value is -2.71. The predicted molar refractivity (Wildman–Crippen MR) is 120 cm³/mol. The van der Waals surface area contributed by atoms with Gasteiger partial charge < -0.3 is 9.42 Å². The van der Waals surface area contributed by atoms with Gasteiger partial charge in [-0.2, -0.15) is 9.71 Å². The molecule has 0 spiro atoms. The quantitative estimate of drug-likeness (QED) is 0.614. The Bertz CT molecular complexity index is 1120. The Kier molecular flexibility index (Phi) is 6.11. The van der Waals surface area contributed by atoms with E-state index in [1.54, 1.807) is 31.2 Å². The maximum absolute atomic E-state index is 12.6. The minimum atomic E-state index is -3.69.